The number of nitrogens with zero attached hydrogens (tertiary/aromatic N) is 1. The number of hydrogen-bond donors (Lipinski definition) is 0. The summed E-state index contributed by atoms with van der Waals surface area (Å²) in [6.45, 7) is 17.6. The largest absolute Gasteiger partial charge is 1.00 e. The predicted octanol–water partition coefficient (Wildman–Crippen LogP) is 2.01. The molecule has 1 nitrogen and oxygen atoms in total. The van der Waals surface area contributed by atoms with Gasteiger partial charge in [-0.05, 0) is 21.0 Å². The van der Waals surface area contributed by atoms with Gasteiger partial charge in [0.25, 0.3) is 0 Å². The molecule has 1 atom stereocenters. The molecule has 0 amide bonds. The molecule has 0 N–H and O–H groups in total. The van der Waals surface area contributed by atoms with Crippen LogP contribution in [-0.4, -0.2) is 40.0 Å². The third kappa shape index (κ3) is 6.89. The molecule has 0 heterocycles. The molecule has 0 unspecified atom stereocenters. The van der Waals surface area contributed by atoms with Crippen molar-refractivity contribution in [3.05, 3.63) is 29.8 Å². The second-order valence-corrected chi connectivity index (χ2v) is 21.9. The van der Waals surface area contributed by atoms with Gasteiger partial charge in [-0.1, -0.05) is 69.1 Å². The van der Waals surface area contributed by atoms with Crippen LogP contribution in [0.2, 0.25) is 39.3 Å². The van der Waals surface area contributed by atoms with E-state index in [0.29, 0.717) is 6.04 Å². The summed E-state index contributed by atoms with van der Waals surface area (Å²) < 4.78 is 0. The smallest absolute Gasteiger partial charge is 0.508 e. The fourth-order valence-electron chi connectivity index (χ4n) is 3.06. The van der Waals surface area contributed by atoms with Crippen molar-refractivity contribution in [3.63, 3.8) is 0 Å². The Morgan fingerprint density at radius 1 is 0.909 bits per heavy atom. The van der Waals surface area contributed by atoms with Gasteiger partial charge < -0.3 is 13.5 Å². The maximum absolute atomic E-state index is 2.54. The van der Waals surface area contributed by atoms with Crippen molar-refractivity contribution in [2.24, 2.45) is 0 Å². The molecule has 0 spiro atoms. The standard InChI is InChI=1S/C17H33NPSi2.K/c1-14(18(2)3)15-12-10-11-13-16(15)19-17(20(4,5)6)21(7,8)9;/h10-14,17H,1-9H3;/q-1;+1/t14-;/m0./s1. The van der Waals surface area contributed by atoms with Crippen molar-refractivity contribution in [1.82, 2.24) is 4.90 Å². The van der Waals surface area contributed by atoms with Crippen LogP contribution in [0.1, 0.15) is 18.5 Å². The Bertz CT molecular complexity index is 452. The van der Waals surface area contributed by atoms with Gasteiger partial charge in [0, 0.05) is 22.2 Å². The molecule has 22 heavy (non-hydrogen) atoms. The molecule has 1 aromatic rings. The summed E-state index contributed by atoms with van der Waals surface area (Å²) in [4.78, 5) is 3.22. The van der Waals surface area contributed by atoms with Crippen molar-refractivity contribution in [3.8, 4) is 0 Å². The fraction of sp³-hybridized carbons (Fsp3) is 0.647. The topological polar surface area (TPSA) is 3.24 Å². The average molecular weight is 378 g/mol. The minimum atomic E-state index is -1.15. The molecule has 0 radical (unpaired) electrons. The molecule has 0 fully saturated rings. The molecule has 0 aliphatic heterocycles. The molecule has 0 saturated carbocycles. The van der Waals surface area contributed by atoms with Crippen molar-refractivity contribution in [1.29, 1.82) is 0 Å². The van der Waals surface area contributed by atoms with E-state index in [2.05, 4.69) is 89.5 Å². The van der Waals surface area contributed by atoms with Gasteiger partial charge in [-0.2, -0.15) is 10.2 Å². The molecule has 0 aliphatic rings. The van der Waals surface area contributed by atoms with Gasteiger partial charge in [0.1, 0.15) is 0 Å². The fourth-order valence-corrected chi connectivity index (χ4v) is 18.2. The molecule has 120 valence electrons. The van der Waals surface area contributed by atoms with E-state index in [-0.39, 0.29) is 51.4 Å². The Morgan fingerprint density at radius 2 is 1.36 bits per heavy atom. The van der Waals surface area contributed by atoms with Gasteiger partial charge in [-0.25, -0.2) is 0 Å². The van der Waals surface area contributed by atoms with Gasteiger partial charge in [0.15, 0.2) is 0 Å². The van der Waals surface area contributed by atoms with E-state index in [9.17, 15) is 0 Å². The molecule has 0 aliphatic carbocycles. The first-order chi connectivity index (χ1) is 9.44. The van der Waals surface area contributed by atoms with Crippen LogP contribution in [0, 0.1) is 0 Å². The molecule has 0 bridgehead atoms. The zero-order valence-electron chi connectivity index (χ0n) is 16.4. The van der Waals surface area contributed by atoms with Crippen molar-refractivity contribution in [2.45, 2.75) is 57.2 Å². The summed E-state index contributed by atoms with van der Waals surface area (Å²) in [5.41, 5.74) is 1.51. The number of rotatable bonds is 6. The monoisotopic (exact) mass is 377 g/mol. The number of benzene rings is 1. The van der Waals surface area contributed by atoms with Crippen LogP contribution >= 0.6 is 8.58 Å². The summed E-state index contributed by atoms with van der Waals surface area (Å²) in [7, 11) is 3.61. The summed E-state index contributed by atoms with van der Waals surface area (Å²) in [6, 6.07) is 9.55. The minimum Gasteiger partial charge on any atom is -0.508 e. The van der Waals surface area contributed by atoms with Gasteiger partial charge in [0.2, 0.25) is 0 Å². The summed E-state index contributed by atoms with van der Waals surface area (Å²) >= 11 is 0. The summed E-state index contributed by atoms with van der Waals surface area (Å²) in [5, 5.41) is 1.55. The zero-order chi connectivity index (χ0) is 16.4. The van der Waals surface area contributed by atoms with Crippen LogP contribution in [0.3, 0.4) is 0 Å². The third-order valence-electron chi connectivity index (χ3n) is 4.07. The first-order valence-electron chi connectivity index (χ1n) is 7.91. The van der Waals surface area contributed by atoms with E-state index in [1.165, 1.54) is 5.56 Å². The van der Waals surface area contributed by atoms with Gasteiger partial charge in [-0.15, -0.1) is 0 Å². The molecule has 5 heteroatoms. The molecular weight excluding hydrogens is 344 g/mol. The average Bonchev–Trinajstić information content (AvgIpc) is 2.32. The predicted molar refractivity (Wildman–Crippen MR) is 106 cm³/mol. The third-order valence-corrected chi connectivity index (χ3v) is 18.9. The van der Waals surface area contributed by atoms with Crippen LogP contribution in [0.15, 0.2) is 24.3 Å². The molecule has 0 aromatic heterocycles. The SMILES string of the molecule is C[C@@H](c1ccccc1[P-]C([Si](C)(C)C)[Si](C)(C)C)N(C)C.[K+]. The van der Waals surface area contributed by atoms with E-state index in [1.807, 2.05) is 0 Å². The molecule has 1 rings (SSSR count). The minimum absolute atomic E-state index is 0. The van der Waals surface area contributed by atoms with Gasteiger partial charge >= 0.3 is 51.4 Å². The summed E-state index contributed by atoms with van der Waals surface area (Å²) in [5.74, 6) is 0. The Morgan fingerprint density at radius 3 is 1.77 bits per heavy atom. The zero-order valence-corrected chi connectivity index (χ0v) is 22.4. The van der Waals surface area contributed by atoms with E-state index in [1.54, 1.807) is 13.9 Å². The van der Waals surface area contributed by atoms with Crippen LogP contribution < -0.4 is 56.7 Å². The quantitative estimate of drug-likeness (QED) is 0.541. The van der Waals surface area contributed by atoms with Crippen molar-refractivity contribution in [2.75, 3.05) is 14.1 Å². The molecular formula is C17H33KNPSi2. The van der Waals surface area contributed by atoms with Crippen LogP contribution in [0.4, 0.5) is 0 Å². The van der Waals surface area contributed by atoms with Gasteiger partial charge in [0.05, 0.1) is 0 Å². The van der Waals surface area contributed by atoms with Crippen LogP contribution in [-0.2, 0) is 0 Å². The van der Waals surface area contributed by atoms with Crippen LogP contribution in [0.25, 0.3) is 0 Å². The Balaban J connectivity index is 0.00000441. The second kappa shape index (κ2) is 9.40. The van der Waals surface area contributed by atoms with Crippen LogP contribution in [0.5, 0.6) is 0 Å². The second-order valence-electron chi connectivity index (χ2n) is 8.46. The van der Waals surface area contributed by atoms with Crippen molar-refractivity contribution >= 4 is 30.0 Å². The number of hydrogen-bond acceptors (Lipinski definition) is 1. The normalized spacial score (nSPS) is 14.7. The van der Waals surface area contributed by atoms with E-state index < -0.39 is 16.1 Å². The first kappa shape index (κ1) is 23.7. The van der Waals surface area contributed by atoms with E-state index in [0.717, 1.165) is 4.91 Å². The van der Waals surface area contributed by atoms with Gasteiger partial charge in [-0.3, -0.25) is 0 Å². The van der Waals surface area contributed by atoms with Crippen molar-refractivity contribution < 1.29 is 51.4 Å². The maximum Gasteiger partial charge on any atom is 1.00 e. The maximum atomic E-state index is 2.54. The molecule has 1 aromatic carbocycles. The Kier molecular flexibility index (Phi) is 10.1. The van der Waals surface area contributed by atoms with E-state index in [4.69, 9.17) is 0 Å². The Hall–Kier alpha value is 1.68. The Labute approximate surface area is 185 Å². The molecule has 0 saturated heterocycles. The first-order valence-corrected chi connectivity index (χ1v) is 16.0. The summed E-state index contributed by atoms with van der Waals surface area (Å²) in [6.07, 6.45) is 0. The van der Waals surface area contributed by atoms with E-state index >= 15 is 0 Å².